The van der Waals surface area contributed by atoms with Gasteiger partial charge in [0, 0.05) is 23.0 Å². The Morgan fingerprint density at radius 1 is 0.880 bits per heavy atom. The van der Waals surface area contributed by atoms with Crippen molar-refractivity contribution in [3.63, 3.8) is 0 Å². The predicted molar refractivity (Wildman–Crippen MR) is 102 cm³/mol. The number of urea groups is 1. The van der Waals surface area contributed by atoms with Gasteiger partial charge in [-0.1, -0.05) is 25.5 Å². The van der Waals surface area contributed by atoms with Gasteiger partial charge in [0.25, 0.3) is 5.91 Å². The molecule has 0 aliphatic rings. The van der Waals surface area contributed by atoms with Gasteiger partial charge in [-0.15, -0.1) is 0 Å². The van der Waals surface area contributed by atoms with E-state index in [9.17, 15) is 9.59 Å². The summed E-state index contributed by atoms with van der Waals surface area (Å²) in [6.07, 6.45) is 2.13. The molecule has 2 aromatic carbocycles. The molecule has 0 heterocycles. The summed E-state index contributed by atoms with van der Waals surface area (Å²) in [7, 11) is 0. The first-order valence-electron chi connectivity index (χ1n) is 8.56. The fourth-order valence-corrected chi connectivity index (χ4v) is 2.38. The van der Waals surface area contributed by atoms with Crippen LogP contribution in [0.2, 0.25) is 0 Å². The van der Waals surface area contributed by atoms with Crippen LogP contribution in [0.5, 0.6) is 0 Å². The summed E-state index contributed by atoms with van der Waals surface area (Å²) >= 11 is 0. The number of benzene rings is 2. The van der Waals surface area contributed by atoms with E-state index < -0.39 is 0 Å². The van der Waals surface area contributed by atoms with Crippen molar-refractivity contribution >= 4 is 23.3 Å². The van der Waals surface area contributed by atoms with Crippen LogP contribution in [0.1, 0.15) is 43.1 Å². The zero-order valence-corrected chi connectivity index (χ0v) is 14.9. The first kappa shape index (κ1) is 18.5. The van der Waals surface area contributed by atoms with Gasteiger partial charge in [0.15, 0.2) is 0 Å². The highest BCUT2D eigenvalue weighted by Crippen LogP contribution is 2.14. The van der Waals surface area contributed by atoms with E-state index in [1.54, 1.807) is 24.3 Å². The van der Waals surface area contributed by atoms with E-state index in [-0.39, 0.29) is 18.0 Å². The van der Waals surface area contributed by atoms with Crippen LogP contribution in [0.3, 0.4) is 0 Å². The van der Waals surface area contributed by atoms with E-state index in [0.717, 1.165) is 18.5 Å². The fourth-order valence-electron chi connectivity index (χ4n) is 2.38. The molecule has 0 atom stereocenters. The van der Waals surface area contributed by atoms with Gasteiger partial charge < -0.3 is 16.0 Å². The molecule has 25 heavy (non-hydrogen) atoms. The SMILES string of the molecule is CCCc1ccc(NC(=O)c2ccc(NC(=O)NC(C)C)cc2)cc1. The Hall–Kier alpha value is -2.82. The fraction of sp³-hybridized carbons (Fsp3) is 0.300. The Bertz CT molecular complexity index is 707. The van der Waals surface area contributed by atoms with Gasteiger partial charge in [0.05, 0.1) is 0 Å². The maximum atomic E-state index is 12.3. The second-order valence-corrected chi connectivity index (χ2v) is 6.23. The maximum Gasteiger partial charge on any atom is 0.319 e. The molecule has 2 aromatic rings. The van der Waals surface area contributed by atoms with Gasteiger partial charge in [-0.05, 0) is 62.2 Å². The highest BCUT2D eigenvalue weighted by molar-refractivity contribution is 6.04. The van der Waals surface area contributed by atoms with E-state index in [1.807, 2.05) is 38.1 Å². The summed E-state index contributed by atoms with van der Waals surface area (Å²) in [6.45, 7) is 5.92. The molecule has 0 aromatic heterocycles. The van der Waals surface area contributed by atoms with Crippen molar-refractivity contribution in [1.29, 1.82) is 0 Å². The minimum absolute atomic E-state index is 0.0637. The highest BCUT2D eigenvalue weighted by Gasteiger charge is 2.08. The van der Waals surface area contributed by atoms with Crippen LogP contribution in [0.4, 0.5) is 16.2 Å². The van der Waals surface area contributed by atoms with Crippen LogP contribution >= 0.6 is 0 Å². The van der Waals surface area contributed by atoms with Crippen molar-refractivity contribution in [2.45, 2.75) is 39.7 Å². The van der Waals surface area contributed by atoms with Crippen molar-refractivity contribution in [3.8, 4) is 0 Å². The van der Waals surface area contributed by atoms with E-state index in [0.29, 0.717) is 11.3 Å². The van der Waals surface area contributed by atoms with Gasteiger partial charge in [0.1, 0.15) is 0 Å². The third-order valence-corrected chi connectivity index (χ3v) is 3.58. The Labute approximate surface area is 148 Å². The Kier molecular flexibility index (Phi) is 6.57. The van der Waals surface area contributed by atoms with Crippen LogP contribution in [0.15, 0.2) is 48.5 Å². The number of hydrogen-bond donors (Lipinski definition) is 3. The number of amides is 3. The van der Waals surface area contributed by atoms with Crippen LogP contribution < -0.4 is 16.0 Å². The zero-order chi connectivity index (χ0) is 18.2. The lowest BCUT2D eigenvalue weighted by Gasteiger charge is -2.11. The second-order valence-electron chi connectivity index (χ2n) is 6.23. The first-order chi connectivity index (χ1) is 12.0. The molecule has 5 nitrogen and oxygen atoms in total. The molecule has 0 fully saturated rings. The third kappa shape index (κ3) is 5.95. The molecule has 5 heteroatoms. The van der Waals surface area contributed by atoms with Crippen LogP contribution in [0, 0.1) is 0 Å². The molecule has 0 aliphatic heterocycles. The molecule has 0 radical (unpaired) electrons. The number of hydrogen-bond acceptors (Lipinski definition) is 2. The van der Waals surface area contributed by atoms with Crippen molar-refractivity contribution in [2.24, 2.45) is 0 Å². The molecule has 2 rings (SSSR count). The zero-order valence-electron chi connectivity index (χ0n) is 14.9. The molecular formula is C20H25N3O2. The summed E-state index contributed by atoms with van der Waals surface area (Å²) in [6, 6.07) is 14.5. The Morgan fingerprint density at radius 3 is 2.00 bits per heavy atom. The number of carbonyl (C=O) groups excluding carboxylic acids is 2. The molecule has 3 N–H and O–H groups in total. The largest absolute Gasteiger partial charge is 0.336 e. The molecule has 3 amide bonds. The summed E-state index contributed by atoms with van der Waals surface area (Å²) in [4.78, 5) is 23.9. The van der Waals surface area contributed by atoms with Crippen molar-refractivity contribution in [1.82, 2.24) is 5.32 Å². The highest BCUT2D eigenvalue weighted by atomic mass is 16.2. The van der Waals surface area contributed by atoms with Gasteiger partial charge in [-0.25, -0.2) is 4.79 Å². The molecule has 132 valence electrons. The summed E-state index contributed by atoms with van der Waals surface area (Å²) in [5.41, 5.74) is 3.20. The monoisotopic (exact) mass is 339 g/mol. The van der Waals surface area contributed by atoms with Crippen molar-refractivity contribution in [3.05, 3.63) is 59.7 Å². The second kappa shape index (κ2) is 8.87. The van der Waals surface area contributed by atoms with Crippen LogP contribution in [0.25, 0.3) is 0 Å². The quantitative estimate of drug-likeness (QED) is 0.729. The molecule has 0 aliphatic carbocycles. The average molecular weight is 339 g/mol. The summed E-state index contributed by atoms with van der Waals surface area (Å²) in [5.74, 6) is -0.179. The number of nitrogens with one attached hydrogen (secondary N) is 3. The average Bonchev–Trinajstić information content (AvgIpc) is 2.56. The maximum absolute atomic E-state index is 12.3. The lowest BCUT2D eigenvalue weighted by Crippen LogP contribution is -2.34. The topological polar surface area (TPSA) is 70.2 Å². The number of carbonyl (C=O) groups is 2. The minimum Gasteiger partial charge on any atom is -0.336 e. The van der Waals surface area contributed by atoms with E-state index in [2.05, 4.69) is 22.9 Å². The Morgan fingerprint density at radius 2 is 1.44 bits per heavy atom. The number of rotatable bonds is 6. The molecule has 0 spiro atoms. The summed E-state index contributed by atoms with van der Waals surface area (Å²) < 4.78 is 0. The Balaban J connectivity index is 1.94. The van der Waals surface area contributed by atoms with Crippen LogP contribution in [-0.2, 0) is 6.42 Å². The van der Waals surface area contributed by atoms with Gasteiger partial charge in [-0.2, -0.15) is 0 Å². The third-order valence-electron chi connectivity index (χ3n) is 3.58. The normalized spacial score (nSPS) is 10.4. The van der Waals surface area contributed by atoms with E-state index >= 15 is 0 Å². The van der Waals surface area contributed by atoms with Gasteiger partial charge in [0.2, 0.25) is 0 Å². The standard InChI is InChI=1S/C20H25N3O2/c1-4-5-15-6-10-17(11-7-15)22-19(24)16-8-12-18(13-9-16)23-20(25)21-14(2)3/h6-14H,4-5H2,1-3H3,(H,22,24)(H2,21,23,25). The summed E-state index contributed by atoms with van der Waals surface area (Å²) in [5, 5.41) is 8.35. The van der Waals surface area contributed by atoms with E-state index in [4.69, 9.17) is 0 Å². The first-order valence-corrected chi connectivity index (χ1v) is 8.56. The smallest absolute Gasteiger partial charge is 0.319 e. The number of anilines is 2. The lowest BCUT2D eigenvalue weighted by atomic mass is 10.1. The molecule has 0 saturated heterocycles. The van der Waals surface area contributed by atoms with Gasteiger partial charge in [-0.3, -0.25) is 4.79 Å². The van der Waals surface area contributed by atoms with Crippen molar-refractivity contribution < 1.29 is 9.59 Å². The van der Waals surface area contributed by atoms with Crippen molar-refractivity contribution in [2.75, 3.05) is 10.6 Å². The molecular weight excluding hydrogens is 314 g/mol. The molecule has 0 bridgehead atoms. The minimum atomic E-state index is -0.264. The van der Waals surface area contributed by atoms with E-state index in [1.165, 1.54) is 5.56 Å². The molecule has 0 saturated carbocycles. The van der Waals surface area contributed by atoms with Crippen LogP contribution in [-0.4, -0.2) is 18.0 Å². The van der Waals surface area contributed by atoms with Gasteiger partial charge >= 0.3 is 6.03 Å². The number of aryl methyl sites for hydroxylation is 1. The predicted octanol–water partition coefficient (Wildman–Crippen LogP) is 4.42. The lowest BCUT2D eigenvalue weighted by molar-refractivity contribution is 0.102. The molecule has 0 unspecified atom stereocenters.